The largest absolute Gasteiger partial charge is 0.495 e. The van der Waals surface area contributed by atoms with Gasteiger partial charge in [-0.3, -0.25) is 14.2 Å². The molecule has 1 aliphatic heterocycles. The summed E-state index contributed by atoms with van der Waals surface area (Å²) in [7, 11) is 1.50. The number of hydrogen-bond donors (Lipinski definition) is 2. The van der Waals surface area contributed by atoms with Crippen LogP contribution in [0.3, 0.4) is 0 Å². The van der Waals surface area contributed by atoms with E-state index < -0.39 is 33.8 Å². The van der Waals surface area contributed by atoms with Crippen LogP contribution in [0.5, 0.6) is 5.75 Å². The van der Waals surface area contributed by atoms with Crippen molar-refractivity contribution in [2.24, 2.45) is 5.92 Å². The van der Waals surface area contributed by atoms with Crippen molar-refractivity contribution in [3.8, 4) is 10.9 Å². The van der Waals surface area contributed by atoms with Crippen LogP contribution in [0.1, 0.15) is 10.4 Å². The van der Waals surface area contributed by atoms with Gasteiger partial charge in [0.25, 0.3) is 0 Å². The van der Waals surface area contributed by atoms with Crippen LogP contribution in [-0.4, -0.2) is 56.7 Å². The number of carboxylic acids is 1. The summed E-state index contributed by atoms with van der Waals surface area (Å²) in [5.74, 6) is -2.45. The number of rotatable bonds is 6. The molecule has 1 amide bonds. The number of methoxy groups -OCH3 is 1. The smallest absolute Gasteiger partial charge is 0.341 e. The van der Waals surface area contributed by atoms with Crippen molar-refractivity contribution in [1.82, 2.24) is 19.5 Å². The third-order valence-electron chi connectivity index (χ3n) is 5.59. The first-order valence-electron chi connectivity index (χ1n) is 10.4. The van der Waals surface area contributed by atoms with Gasteiger partial charge in [0.15, 0.2) is 27.5 Å². The number of amides is 1. The molecule has 0 aromatic carbocycles. The Labute approximate surface area is 204 Å². The average molecular weight is 514 g/mol. The van der Waals surface area contributed by atoms with Gasteiger partial charge in [-0.15, -0.1) is 0 Å². The van der Waals surface area contributed by atoms with E-state index in [-0.39, 0.29) is 41.0 Å². The number of aromatic carboxylic acids is 1. The number of halogens is 2. The van der Waals surface area contributed by atoms with Gasteiger partial charge >= 0.3 is 5.97 Å². The monoisotopic (exact) mass is 514 g/mol. The Hall–Kier alpha value is -4.46. The van der Waals surface area contributed by atoms with Crippen LogP contribution < -0.4 is 20.4 Å². The number of hydrogen-bond acceptors (Lipinski definition) is 9. The van der Waals surface area contributed by atoms with Gasteiger partial charge in [-0.25, -0.2) is 24.1 Å². The van der Waals surface area contributed by atoms with E-state index in [9.17, 15) is 28.3 Å². The van der Waals surface area contributed by atoms with E-state index >= 15 is 0 Å². The summed E-state index contributed by atoms with van der Waals surface area (Å²) >= 11 is 0.604. The fourth-order valence-electron chi connectivity index (χ4n) is 3.71. The summed E-state index contributed by atoms with van der Waals surface area (Å²) < 4.78 is 34.8. The molecule has 11 nitrogen and oxygen atoms in total. The van der Waals surface area contributed by atoms with Crippen LogP contribution >= 0.6 is 11.3 Å². The van der Waals surface area contributed by atoms with E-state index in [1.165, 1.54) is 18.2 Å². The highest BCUT2D eigenvalue weighted by molar-refractivity contribution is 7.12. The number of pyridine rings is 3. The maximum atomic E-state index is 15.0. The zero-order chi connectivity index (χ0) is 25.6. The second-order valence-corrected chi connectivity index (χ2v) is 8.79. The summed E-state index contributed by atoms with van der Waals surface area (Å²) in [5, 5.41) is 11.2. The molecule has 0 aliphatic carbocycles. The molecule has 0 bridgehead atoms. The lowest BCUT2D eigenvalue weighted by Gasteiger charge is -2.39. The number of anilines is 2. The van der Waals surface area contributed by atoms with Gasteiger partial charge in [-0.2, -0.15) is 4.39 Å². The van der Waals surface area contributed by atoms with E-state index in [0.29, 0.717) is 22.9 Å². The zero-order valence-electron chi connectivity index (χ0n) is 18.4. The molecular formula is C22H16F2N6O5S. The molecule has 0 radical (unpaired) electrons. The van der Waals surface area contributed by atoms with Gasteiger partial charge in [0, 0.05) is 19.3 Å². The lowest BCUT2D eigenvalue weighted by atomic mass is 9.99. The molecule has 0 saturated carbocycles. The molecule has 0 unspecified atom stereocenters. The Morgan fingerprint density at radius 3 is 2.61 bits per heavy atom. The topological polar surface area (TPSA) is 140 Å². The predicted octanol–water partition coefficient (Wildman–Crippen LogP) is 2.30. The third-order valence-corrected chi connectivity index (χ3v) is 6.38. The molecule has 1 saturated heterocycles. The number of carbonyl (C=O) groups is 2. The molecule has 2 N–H and O–H groups in total. The molecule has 1 aliphatic rings. The number of aromatic nitrogens is 4. The van der Waals surface area contributed by atoms with Crippen LogP contribution in [0.4, 0.5) is 20.4 Å². The molecule has 1 fully saturated rings. The van der Waals surface area contributed by atoms with E-state index in [4.69, 9.17) is 4.74 Å². The zero-order valence-corrected chi connectivity index (χ0v) is 19.3. The van der Waals surface area contributed by atoms with Crippen LogP contribution in [0, 0.1) is 16.9 Å². The lowest BCUT2D eigenvalue weighted by Crippen LogP contribution is -2.52. The number of nitrogens with zero attached hydrogens (tertiary/aromatic N) is 5. The summed E-state index contributed by atoms with van der Waals surface area (Å²) in [6, 6.07) is 4.12. The third kappa shape index (κ3) is 4.11. The van der Waals surface area contributed by atoms with Crippen molar-refractivity contribution in [2.45, 2.75) is 0 Å². The molecule has 4 aromatic heterocycles. The molecule has 0 atom stereocenters. The molecular weight excluding hydrogens is 498 g/mol. The first kappa shape index (κ1) is 23.3. The minimum Gasteiger partial charge on any atom is -0.495 e. The van der Waals surface area contributed by atoms with Gasteiger partial charge < -0.3 is 20.1 Å². The molecule has 4 aromatic rings. The van der Waals surface area contributed by atoms with Crippen LogP contribution in [-0.2, 0) is 4.79 Å². The Balaban J connectivity index is 1.44. The highest BCUT2D eigenvalue weighted by atomic mass is 32.1. The molecule has 14 heteroatoms. The Morgan fingerprint density at radius 1 is 1.22 bits per heavy atom. The first-order chi connectivity index (χ1) is 17.2. The summed E-state index contributed by atoms with van der Waals surface area (Å²) in [4.78, 5) is 50.5. The van der Waals surface area contributed by atoms with Gasteiger partial charge in [0.05, 0.1) is 30.8 Å². The van der Waals surface area contributed by atoms with Crippen LogP contribution in [0.15, 0.2) is 41.6 Å². The number of nitrogens with one attached hydrogen (secondary N) is 1. The van der Waals surface area contributed by atoms with Crippen LogP contribution in [0.25, 0.3) is 16.2 Å². The first-order valence-corrected chi connectivity index (χ1v) is 11.2. The molecule has 36 heavy (non-hydrogen) atoms. The summed E-state index contributed by atoms with van der Waals surface area (Å²) in [6.45, 7) is 0.279. The second kappa shape index (κ2) is 8.96. The highest BCUT2D eigenvalue weighted by Gasteiger charge is 2.35. The summed E-state index contributed by atoms with van der Waals surface area (Å²) in [5.41, 5.74) is -1.66. The fraction of sp³-hybridized carbons (Fsp3) is 0.182. The Morgan fingerprint density at radius 2 is 2.00 bits per heavy atom. The fourth-order valence-corrected chi connectivity index (χ4v) is 4.33. The van der Waals surface area contributed by atoms with E-state index in [1.54, 1.807) is 12.1 Å². The van der Waals surface area contributed by atoms with Crippen molar-refractivity contribution in [1.29, 1.82) is 0 Å². The van der Waals surface area contributed by atoms with E-state index in [1.807, 2.05) is 0 Å². The van der Waals surface area contributed by atoms with Crippen LogP contribution in [0.2, 0.25) is 0 Å². The van der Waals surface area contributed by atoms with E-state index in [0.717, 1.165) is 23.0 Å². The van der Waals surface area contributed by atoms with E-state index in [2.05, 4.69) is 20.3 Å². The van der Waals surface area contributed by atoms with Gasteiger partial charge in [0.1, 0.15) is 17.1 Å². The average Bonchev–Trinajstić information content (AvgIpc) is 3.25. The predicted molar refractivity (Wildman–Crippen MR) is 125 cm³/mol. The molecule has 0 spiro atoms. The highest BCUT2D eigenvalue weighted by Crippen LogP contribution is 2.29. The van der Waals surface area contributed by atoms with Crippen molar-refractivity contribution in [2.75, 3.05) is 30.4 Å². The normalized spacial score (nSPS) is 13.5. The number of carbonyl (C=O) groups excluding carboxylic acids is 1. The second-order valence-electron chi connectivity index (χ2n) is 7.83. The molecule has 5 heterocycles. The van der Waals surface area contributed by atoms with Crippen molar-refractivity contribution >= 4 is 45.9 Å². The minimum absolute atomic E-state index is 0.0120. The number of thiazole rings is 1. The van der Waals surface area contributed by atoms with Gasteiger partial charge in [-0.05, 0) is 18.2 Å². The quantitative estimate of drug-likeness (QED) is 0.397. The number of fused-ring (bicyclic) bond motifs is 1. The van der Waals surface area contributed by atoms with Gasteiger partial charge in [0.2, 0.25) is 11.3 Å². The Kier molecular flexibility index (Phi) is 5.80. The lowest BCUT2D eigenvalue weighted by molar-refractivity contribution is -0.120. The maximum Gasteiger partial charge on any atom is 0.341 e. The molecule has 184 valence electrons. The standard InChI is InChI=1S/C22H16F2N6O5S/c1-35-11-2-3-16(25-5-11)27-20(32)10-7-29(8-10)19-14(23)4-12-17(31)13(21(33)34)9-30(18(12)28-19)22-26-6-15(24)36-22/h2-6,9-10H,7-8H2,1H3,(H,33,34)(H,25,27,32). The van der Waals surface area contributed by atoms with Gasteiger partial charge in [-0.1, -0.05) is 11.3 Å². The minimum atomic E-state index is -1.53. The van der Waals surface area contributed by atoms with Crippen molar-refractivity contribution in [3.63, 3.8) is 0 Å². The summed E-state index contributed by atoms with van der Waals surface area (Å²) in [6.07, 6.45) is 3.37. The Bertz CT molecular complexity index is 1570. The maximum absolute atomic E-state index is 15.0. The SMILES string of the molecule is COc1ccc(NC(=O)C2CN(c3nc4c(cc3F)c(=O)c(C(=O)O)cn4-c3ncc(F)s3)C2)nc1. The van der Waals surface area contributed by atoms with Crippen molar-refractivity contribution < 1.29 is 28.2 Å². The van der Waals surface area contributed by atoms with Crippen molar-refractivity contribution in [3.05, 3.63) is 63.5 Å². The number of ether oxygens (including phenoxy) is 1. The number of carboxylic acid groups (broad SMARTS) is 1. The molecule has 5 rings (SSSR count).